The molecule has 19 heavy (non-hydrogen) atoms. The quantitative estimate of drug-likeness (QED) is 0.911. The minimum atomic E-state index is 0.563. The normalized spacial score (nSPS) is 9.79. The number of nitrogens with one attached hydrogen (secondary N) is 1. The number of nitriles is 1. The van der Waals surface area contributed by atoms with Crippen LogP contribution in [0.2, 0.25) is 0 Å². The Morgan fingerprint density at radius 2 is 2.05 bits per heavy atom. The van der Waals surface area contributed by atoms with Crippen LogP contribution in [-0.4, -0.2) is 12.1 Å². The molecule has 0 bridgehead atoms. The summed E-state index contributed by atoms with van der Waals surface area (Å²) in [4.78, 5) is 4.29. The first-order valence-electron chi connectivity index (χ1n) is 5.93. The van der Waals surface area contributed by atoms with Gasteiger partial charge in [0.2, 0.25) is 0 Å². The summed E-state index contributed by atoms with van der Waals surface area (Å²) in [5.74, 6) is 0.769. The van der Waals surface area contributed by atoms with E-state index in [2.05, 4.69) is 16.4 Å². The van der Waals surface area contributed by atoms with E-state index in [1.165, 1.54) is 0 Å². The van der Waals surface area contributed by atoms with Gasteiger partial charge in [0.15, 0.2) is 0 Å². The van der Waals surface area contributed by atoms with Crippen molar-refractivity contribution in [3.63, 3.8) is 0 Å². The average Bonchev–Trinajstić information content (AvgIpc) is 2.38. The molecule has 0 aliphatic rings. The molecule has 0 spiro atoms. The summed E-state index contributed by atoms with van der Waals surface area (Å²) < 4.78 is 5.18. The standard InChI is InChI=1S/C15H15N3O/c1-10-7-15(14(9-16)11(2)17-10)18-12-5-4-6-13(8-12)19-3/h4-8H,1-3H3,(H,17,18). The molecule has 0 aliphatic carbocycles. The maximum Gasteiger partial charge on any atom is 0.120 e. The van der Waals surface area contributed by atoms with Crippen molar-refractivity contribution in [1.29, 1.82) is 5.26 Å². The molecule has 2 rings (SSSR count). The van der Waals surface area contributed by atoms with E-state index in [4.69, 9.17) is 4.74 Å². The number of methoxy groups -OCH3 is 1. The number of ether oxygens (including phenoxy) is 1. The molecular formula is C15H15N3O. The average molecular weight is 253 g/mol. The molecule has 0 saturated heterocycles. The van der Waals surface area contributed by atoms with E-state index in [-0.39, 0.29) is 0 Å². The predicted octanol–water partition coefficient (Wildman–Crippen LogP) is 3.32. The zero-order valence-electron chi connectivity index (χ0n) is 11.2. The fourth-order valence-corrected chi connectivity index (χ4v) is 1.92. The van der Waals surface area contributed by atoms with Crippen molar-refractivity contribution >= 4 is 11.4 Å². The van der Waals surface area contributed by atoms with E-state index in [0.717, 1.165) is 28.5 Å². The Morgan fingerprint density at radius 3 is 2.74 bits per heavy atom. The number of hydrogen-bond acceptors (Lipinski definition) is 4. The number of anilines is 2. The first-order chi connectivity index (χ1) is 9.13. The topological polar surface area (TPSA) is 57.9 Å². The lowest BCUT2D eigenvalue weighted by Gasteiger charge is -2.11. The maximum absolute atomic E-state index is 9.21. The number of hydrogen-bond donors (Lipinski definition) is 1. The lowest BCUT2D eigenvalue weighted by Crippen LogP contribution is -1.99. The first kappa shape index (κ1) is 12.9. The van der Waals surface area contributed by atoms with Gasteiger partial charge in [0, 0.05) is 17.4 Å². The number of pyridine rings is 1. The van der Waals surface area contributed by atoms with Gasteiger partial charge in [0.1, 0.15) is 11.8 Å². The van der Waals surface area contributed by atoms with Crippen molar-refractivity contribution in [2.24, 2.45) is 0 Å². The monoisotopic (exact) mass is 253 g/mol. The van der Waals surface area contributed by atoms with Gasteiger partial charge in [-0.3, -0.25) is 4.98 Å². The molecule has 0 unspecified atom stereocenters. The van der Waals surface area contributed by atoms with E-state index in [1.54, 1.807) is 7.11 Å². The smallest absolute Gasteiger partial charge is 0.120 e. The van der Waals surface area contributed by atoms with Crippen LogP contribution in [0.25, 0.3) is 0 Å². The molecule has 1 aromatic heterocycles. The van der Waals surface area contributed by atoms with Crippen LogP contribution in [0.5, 0.6) is 5.75 Å². The van der Waals surface area contributed by atoms with Crippen molar-refractivity contribution in [2.45, 2.75) is 13.8 Å². The molecule has 96 valence electrons. The lowest BCUT2D eigenvalue weighted by atomic mass is 10.1. The van der Waals surface area contributed by atoms with E-state index in [9.17, 15) is 5.26 Å². The lowest BCUT2D eigenvalue weighted by molar-refractivity contribution is 0.415. The van der Waals surface area contributed by atoms with Crippen LogP contribution in [0.4, 0.5) is 11.4 Å². The Kier molecular flexibility index (Phi) is 3.67. The molecule has 0 amide bonds. The van der Waals surface area contributed by atoms with Gasteiger partial charge < -0.3 is 10.1 Å². The molecule has 0 atom stereocenters. The third-order valence-electron chi connectivity index (χ3n) is 2.79. The van der Waals surface area contributed by atoms with Crippen molar-refractivity contribution < 1.29 is 4.74 Å². The van der Waals surface area contributed by atoms with Crippen LogP contribution in [-0.2, 0) is 0 Å². The second-order valence-corrected chi connectivity index (χ2v) is 4.24. The van der Waals surface area contributed by atoms with Crippen molar-refractivity contribution in [3.05, 3.63) is 47.3 Å². The largest absolute Gasteiger partial charge is 0.497 e. The second kappa shape index (κ2) is 5.40. The Morgan fingerprint density at radius 1 is 1.26 bits per heavy atom. The minimum Gasteiger partial charge on any atom is -0.497 e. The molecule has 1 N–H and O–H groups in total. The predicted molar refractivity (Wildman–Crippen MR) is 74.7 cm³/mol. The molecule has 4 heteroatoms. The SMILES string of the molecule is COc1cccc(Nc2cc(C)nc(C)c2C#N)c1. The summed E-state index contributed by atoms with van der Waals surface area (Å²) in [6.07, 6.45) is 0. The first-order valence-corrected chi connectivity index (χ1v) is 5.93. The van der Waals surface area contributed by atoms with Gasteiger partial charge in [-0.2, -0.15) is 5.26 Å². The Bertz CT molecular complexity index is 644. The fraction of sp³-hybridized carbons (Fsp3) is 0.200. The molecule has 0 fully saturated rings. The summed E-state index contributed by atoms with van der Waals surface area (Å²) in [6.45, 7) is 3.74. The summed E-state index contributed by atoms with van der Waals surface area (Å²) in [5.41, 5.74) is 3.81. The van der Waals surface area contributed by atoms with E-state index in [0.29, 0.717) is 5.56 Å². The Labute approximate surface area is 112 Å². The summed E-state index contributed by atoms with van der Waals surface area (Å²) in [5, 5.41) is 12.5. The molecule has 0 radical (unpaired) electrons. The molecule has 2 aromatic rings. The zero-order valence-corrected chi connectivity index (χ0v) is 11.2. The highest BCUT2D eigenvalue weighted by molar-refractivity contribution is 5.68. The second-order valence-electron chi connectivity index (χ2n) is 4.24. The fourth-order valence-electron chi connectivity index (χ4n) is 1.92. The van der Waals surface area contributed by atoms with Crippen molar-refractivity contribution in [2.75, 3.05) is 12.4 Å². The van der Waals surface area contributed by atoms with Crippen LogP contribution < -0.4 is 10.1 Å². The van der Waals surface area contributed by atoms with Crippen molar-refractivity contribution in [3.8, 4) is 11.8 Å². The van der Waals surface area contributed by atoms with E-state index in [1.807, 2.05) is 44.2 Å². The highest BCUT2D eigenvalue weighted by Crippen LogP contribution is 2.25. The van der Waals surface area contributed by atoms with Gasteiger partial charge >= 0.3 is 0 Å². The van der Waals surface area contributed by atoms with Gasteiger partial charge in [0.05, 0.1) is 24.1 Å². The number of rotatable bonds is 3. The zero-order chi connectivity index (χ0) is 13.8. The maximum atomic E-state index is 9.21. The molecule has 1 aromatic carbocycles. The number of aromatic nitrogens is 1. The molecule has 0 aliphatic heterocycles. The van der Waals surface area contributed by atoms with Gasteiger partial charge in [-0.25, -0.2) is 0 Å². The molecule has 1 heterocycles. The van der Waals surface area contributed by atoms with Crippen LogP contribution in [0.1, 0.15) is 17.0 Å². The van der Waals surface area contributed by atoms with Gasteiger partial charge in [-0.05, 0) is 32.0 Å². The van der Waals surface area contributed by atoms with Gasteiger partial charge in [-0.1, -0.05) is 6.07 Å². The summed E-state index contributed by atoms with van der Waals surface area (Å²) >= 11 is 0. The Hall–Kier alpha value is -2.54. The summed E-state index contributed by atoms with van der Waals surface area (Å²) in [6, 6.07) is 11.6. The highest BCUT2D eigenvalue weighted by atomic mass is 16.5. The number of nitrogens with zero attached hydrogens (tertiary/aromatic N) is 2. The number of benzene rings is 1. The molecule has 4 nitrogen and oxygen atoms in total. The van der Waals surface area contributed by atoms with E-state index >= 15 is 0 Å². The van der Waals surface area contributed by atoms with Gasteiger partial charge in [0.25, 0.3) is 0 Å². The molecule has 0 saturated carbocycles. The number of aryl methyl sites for hydroxylation is 2. The van der Waals surface area contributed by atoms with E-state index < -0.39 is 0 Å². The van der Waals surface area contributed by atoms with Gasteiger partial charge in [-0.15, -0.1) is 0 Å². The minimum absolute atomic E-state index is 0.563. The van der Waals surface area contributed by atoms with Crippen LogP contribution in [0.3, 0.4) is 0 Å². The Balaban J connectivity index is 2.40. The van der Waals surface area contributed by atoms with Crippen molar-refractivity contribution in [1.82, 2.24) is 4.98 Å². The summed E-state index contributed by atoms with van der Waals surface area (Å²) in [7, 11) is 1.63. The third-order valence-corrected chi connectivity index (χ3v) is 2.79. The van der Waals surface area contributed by atoms with Crippen LogP contribution >= 0.6 is 0 Å². The van der Waals surface area contributed by atoms with Crippen LogP contribution in [0.15, 0.2) is 30.3 Å². The van der Waals surface area contributed by atoms with Crippen LogP contribution in [0, 0.1) is 25.2 Å². The highest BCUT2D eigenvalue weighted by Gasteiger charge is 2.08. The third kappa shape index (κ3) is 2.83. The molecular weight excluding hydrogens is 238 g/mol.